The molecule has 5 aliphatic rings. The van der Waals surface area contributed by atoms with E-state index in [1.54, 1.807) is 66.7 Å². The summed E-state index contributed by atoms with van der Waals surface area (Å²) in [6, 6.07) is 52.0. The Morgan fingerprint density at radius 1 is 0.429 bits per heavy atom. The monoisotopic (exact) mass is 1670 g/mol. The molecule has 1 aliphatic heterocycles. The molecule has 2 atom stereocenters. The number of ketones is 2. The number of hydrogen-bond donors (Lipinski definition) is 0. The Morgan fingerprint density at radius 3 is 1.39 bits per heavy atom. The molecule has 0 radical (unpaired) electrons. The number of fused-ring (bicyclic) bond motifs is 4. The van der Waals surface area contributed by atoms with Gasteiger partial charge in [0.15, 0.2) is 11.6 Å². The number of hydrogen-bond acceptors (Lipinski definition) is 12. The van der Waals surface area contributed by atoms with Crippen LogP contribution < -0.4 is 4.74 Å². The average molecular weight is 1670 g/mol. The van der Waals surface area contributed by atoms with Crippen molar-refractivity contribution in [1.82, 2.24) is 4.90 Å². The van der Waals surface area contributed by atoms with Gasteiger partial charge in [-0.2, -0.15) is 0 Å². The van der Waals surface area contributed by atoms with E-state index in [4.69, 9.17) is 112 Å². The number of aryl methyl sites for hydroxylation is 5. The van der Waals surface area contributed by atoms with E-state index in [9.17, 15) is 33.2 Å². The summed E-state index contributed by atoms with van der Waals surface area (Å²) in [5.41, 5.74) is 19.5. The molecule has 1 fully saturated rings. The van der Waals surface area contributed by atoms with Crippen LogP contribution in [-0.4, -0.2) is 101 Å². The second-order valence-corrected chi connectivity index (χ2v) is 31.1. The largest absolute Gasteiger partial charge is 0.489 e. The molecular weight excluding hydrogens is 1590 g/mol. The molecule has 0 amide bonds. The lowest BCUT2D eigenvalue weighted by Gasteiger charge is -2.19. The Labute approximate surface area is 694 Å². The van der Waals surface area contributed by atoms with Crippen molar-refractivity contribution in [3.63, 3.8) is 0 Å². The first-order valence-electron chi connectivity index (χ1n) is 37.1. The fourth-order valence-electron chi connectivity index (χ4n) is 14.7. The SMILES string of the molecule is COC(=O)c1ccc2c(c1)CCCC(c1ccc(Cl)cc1Cl)=C2C.COC(=O)c1ccc2c(c1)CCCC(c1ccc(Cl)cc1Cl)=C2c1ccc(O[C@H]2CCN(CCCF)C2)cc1.COC(=O)c1ccc2c(c1)CCCC(c1ccc(Cl)cc1Cl)C2=O.COC(=O)c1ccc2c(c1)CCCCC2=O.Cc1ccc(Cl)cc1Cl. The Hall–Kier alpha value is -8.31. The molecule has 584 valence electrons. The highest BCUT2D eigenvalue weighted by atomic mass is 35.5. The number of rotatable bonds is 13. The van der Waals surface area contributed by atoms with Crippen LogP contribution in [0.15, 0.2) is 170 Å². The lowest BCUT2D eigenvalue weighted by Crippen LogP contribution is -2.26. The van der Waals surface area contributed by atoms with Gasteiger partial charge in [0, 0.05) is 83.3 Å². The van der Waals surface area contributed by atoms with Crippen LogP contribution in [0, 0.1) is 6.92 Å². The van der Waals surface area contributed by atoms with Crippen LogP contribution >= 0.6 is 92.8 Å². The molecule has 9 aromatic carbocycles. The molecule has 12 nitrogen and oxygen atoms in total. The molecule has 14 rings (SSSR count). The summed E-state index contributed by atoms with van der Waals surface area (Å²) in [5, 5.41) is 4.99. The molecule has 0 bridgehead atoms. The van der Waals surface area contributed by atoms with Gasteiger partial charge in [-0.3, -0.25) is 18.9 Å². The van der Waals surface area contributed by atoms with E-state index >= 15 is 0 Å². The average Bonchev–Trinajstić information content (AvgIpc) is 1.46. The third kappa shape index (κ3) is 22.2. The van der Waals surface area contributed by atoms with Gasteiger partial charge in [-0.1, -0.05) is 153 Å². The van der Waals surface area contributed by atoms with Crippen molar-refractivity contribution >= 4 is 151 Å². The topological polar surface area (TPSA) is 152 Å². The molecule has 0 aromatic heterocycles. The zero-order valence-corrected chi connectivity index (χ0v) is 69.1. The number of methoxy groups -OCH3 is 4. The van der Waals surface area contributed by atoms with Crippen molar-refractivity contribution in [2.24, 2.45) is 0 Å². The van der Waals surface area contributed by atoms with Crippen LogP contribution in [-0.2, 0) is 44.6 Å². The van der Waals surface area contributed by atoms with Crippen LogP contribution in [0.4, 0.5) is 4.39 Å². The van der Waals surface area contributed by atoms with Crippen molar-refractivity contribution in [2.75, 3.05) is 54.7 Å². The maximum absolute atomic E-state index is 13.0. The molecule has 0 saturated carbocycles. The normalized spacial score (nSPS) is 15.8. The standard InChI is InChI=1S/C32H32Cl2FNO3.C20H18Cl2O2.C19H16Cl2O3.C13H14O3.C7H6Cl2/c1-38-32(37)23-8-12-27-22(18-23)4-2-5-29(28-13-9-24(33)19-30(28)34)31(27)21-6-10-25(11-7-21)39-26-14-17-36(20-26)16-3-15-35;1-12-16-8-6-14(20(23)24-2)10-13(16)4-3-5-17(12)18-9-7-15(21)11-19(18)22;1-24-19(23)12-5-7-14-11(9-12)3-2-4-16(18(14)22)15-8-6-13(20)10-17(15)21;1-16-13(15)10-6-7-11-9(8-10)4-2-3-5-12(11)14;1-5-2-3-6(8)4-7(5)9/h6-13,18-19,26H,2-5,14-17,20H2,1H3;6-11H,3-5H2,1-2H3;5-10,16H,2-4H2,1H3;6-8H,2-5H2,1H3;2-4H,1H3/t26-;;;;/m0..../s1. The van der Waals surface area contributed by atoms with Gasteiger partial charge in [-0.15, -0.1) is 0 Å². The number of ether oxygens (including phenoxy) is 5. The summed E-state index contributed by atoms with van der Waals surface area (Å²) >= 11 is 49.0. The molecule has 1 unspecified atom stereocenters. The number of nitrogens with zero attached hydrogens (tertiary/aromatic N) is 1. The highest BCUT2D eigenvalue weighted by Crippen LogP contribution is 2.45. The Kier molecular flexibility index (Phi) is 31.6. The van der Waals surface area contributed by atoms with E-state index in [2.05, 4.69) is 28.7 Å². The predicted octanol–water partition coefficient (Wildman–Crippen LogP) is 24.7. The Morgan fingerprint density at radius 2 is 0.866 bits per heavy atom. The molecule has 1 heterocycles. The van der Waals surface area contributed by atoms with E-state index < -0.39 is 5.97 Å². The third-order valence-corrected chi connectivity index (χ3v) is 22.8. The number of likely N-dealkylation sites (tertiary alicyclic amines) is 1. The van der Waals surface area contributed by atoms with Crippen molar-refractivity contribution < 1.29 is 56.8 Å². The van der Waals surface area contributed by atoms with Crippen LogP contribution in [0.3, 0.4) is 0 Å². The summed E-state index contributed by atoms with van der Waals surface area (Å²) in [6.07, 6.45) is 12.8. The maximum atomic E-state index is 13.0. The number of esters is 4. The fourth-order valence-corrected chi connectivity index (χ4v) is 16.7. The summed E-state index contributed by atoms with van der Waals surface area (Å²) < 4.78 is 38.0. The van der Waals surface area contributed by atoms with Gasteiger partial charge >= 0.3 is 23.9 Å². The van der Waals surface area contributed by atoms with Crippen molar-refractivity contribution in [3.05, 3.63) is 305 Å². The minimum Gasteiger partial charge on any atom is -0.489 e. The van der Waals surface area contributed by atoms with E-state index in [1.807, 2.05) is 97.9 Å². The van der Waals surface area contributed by atoms with Crippen LogP contribution in [0.1, 0.15) is 207 Å². The van der Waals surface area contributed by atoms with Crippen molar-refractivity contribution in [1.29, 1.82) is 0 Å². The lowest BCUT2D eigenvalue weighted by molar-refractivity contribution is 0.0591. The van der Waals surface area contributed by atoms with Crippen LogP contribution in [0.25, 0.3) is 22.3 Å². The highest BCUT2D eigenvalue weighted by molar-refractivity contribution is 6.37. The zero-order chi connectivity index (χ0) is 80.3. The zero-order valence-electron chi connectivity index (χ0n) is 63.1. The van der Waals surface area contributed by atoms with Gasteiger partial charge in [-0.05, 0) is 296 Å². The fraction of sp³-hybridized carbons (Fsp3) is 0.297. The summed E-state index contributed by atoms with van der Waals surface area (Å²) in [6.45, 7) is 6.31. The smallest absolute Gasteiger partial charge is 0.337 e. The first kappa shape index (κ1) is 86.1. The molecular formula is C91H86Cl8FNO11. The van der Waals surface area contributed by atoms with Gasteiger partial charge in [0.2, 0.25) is 0 Å². The van der Waals surface area contributed by atoms with E-state index in [0.29, 0.717) is 82.2 Å². The third-order valence-electron chi connectivity index (χ3n) is 20.5. The Bertz CT molecular complexity index is 5040. The molecule has 21 heteroatoms. The first-order valence-corrected chi connectivity index (χ1v) is 40.1. The minimum atomic E-state index is -0.396. The molecule has 0 N–H and O–H groups in total. The number of carbonyl (C=O) groups is 6. The molecule has 112 heavy (non-hydrogen) atoms. The summed E-state index contributed by atoms with van der Waals surface area (Å²) in [5.74, 6) is -0.647. The number of carbonyl (C=O) groups excluding carboxylic acids is 6. The van der Waals surface area contributed by atoms with Crippen LogP contribution in [0.5, 0.6) is 5.75 Å². The van der Waals surface area contributed by atoms with Crippen molar-refractivity contribution in [2.45, 2.75) is 122 Å². The molecule has 9 aromatic rings. The first-order chi connectivity index (χ1) is 53.9. The number of alkyl halides is 1. The van der Waals surface area contributed by atoms with E-state index in [0.717, 1.165) is 174 Å². The maximum Gasteiger partial charge on any atom is 0.337 e. The number of Topliss-reactive ketones (excluding diaryl/α,β-unsaturated/α-hetero) is 2. The molecule has 1 saturated heterocycles. The minimum absolute atomic E-state index is 0.0307. The number of benzene rings is 9. The molecule has 4 aliphatic carbocycles. The summed E-state index contributed by atoms with van der Waals surface area (Å²) in [4.78, 5) is 74.1. The van der Waals surface area contributed by atoms with Gasteiger partial charge < -0.3 is 23.7 Å². The van der Waals surface area contributed by atoms with Crippen LogP contribution in [0.2, 0.25) is 40.2 Å². The van der Waals surface area contributed by atoms with Gasteiger partial charge in [0.1, 0.15) is 11.9 Å². The quantitative estimate of drug-likeness (QED) is 0.0614. The van der Waals surface area contributed by atoms with Crippen molar-refractivity contribution in [3.8, 4) is 5.75 Å². The second kappa shape index (κ2) is 41.1. The molecule has 0 spiro atoms. The highest BCUT2D eigenvalue weighted by Gasteiger charge is 2.31. The number of allylic oxidation sites excluding steroid dienone is 3. The Balaban J connectivity index is 0.000000159. The van der Waals surface area contributed by atoms with Gasteiger partial charge in [0.05, 0.1) is 57.4 Å². The second-order valence-electron chi connectivity index (χ2n) is 27.8. The lowest BCUT2D eigenvalue weighted by atomic mass is 9.87. The van der Waals surface area contributed by atoms with E-state index in [1.165, 1.54) is 50.7 Å². The number of halogens is 9. The predicted molar refractivity (Wildman–Crippen MR) is 450 cm³/mol. The summed E-state index contributed by atoms with van der Waals surface area (Å²) in [7, 11) is 5.51. The van der Waals surface area contributed by atoms with Gasteiger partial charge in [-0.25, -0.2) is 19.2 Å². The van der Waals surface area contributed by atoms with Gasteiger partial charge in [0.25, 0.3) is 0 Å². The van der Waals surface area contributed by atoms with E-state index in [-0.39, 0.29) is 48.2 Å².